The standard InChI is InChI=1S/C45H86N4O2/c1-3-5-7-9-11-13-15-17-19-21-23-25-27-29-31-35-45(51)47-37-33-39-49-42-40-48(41-43-49)38-32-36-46-44(50)34-30-28-26-24-22-20-18-16-14-12-10-8-6-4-2/h17-20H,3-16,21-43H2,1-2H3,(H,46,50)(H,47,51)/b19-17+,20-18+. The first-order valence-electron chi connectivity index (χ1n) is 22.4. The van der Waals surface area contributed by atoms with Crippen LogP contribution >= 0.6 is 0 Å². The summed E-state index contributed by atoms with van der Waals surface area (Å²) in [6.07, 6.45) is 44.9. The highest BCUT2D eigenvalue weighted by molar-refractivity contribution is 5.76. The summed E-state index contributed by atoms with van der Waals surface area (Å²) in [4.78, 5) is 29.5. The number of piperazine rings is 1. The highest BCUT2D eigenvalue weighted by atomic mass is 16.2. The molecule has 298 valence electrons. The summed E-state index contributed by atoms with van der Waals surface area (Å²) < 4.78 is 0. The van der Waals surface area contributed by atoms with E-state index in [9.17, 15) is 9.59 Å². The Morgan fingerprint density at radius 1 is 0.412 bits per heavy atom. The van der Waals surface area contributed by atoms with E-state index in [1.165, 1.54) is 141 Å². The van der Waals surface area contributed by atoms with Gasteiger partial charge in [0.1, 0.15) is 0 Å². The number of carbonyl (C=O) groups excluding carboxylic acids is 2. The third-order valence-electron chi connectivity index (χ3n) is 10.5. The molecule has 1 aliphatic heterocycles. The number of allylic oxidation sites excluding steroid dienone is 4. The number of unbranched alkanes of at least 4 members (excludes halogenated alkanes) is 21. The normalized spacial score (nSPS) is 14.2. The van der Waals surface area contributed by atoms with Gasteiger partial charge in [0.25, 0.3) is 0 Å². The van der Waals surface area contributed by atoms with Crippen LogP contribution in [-0.4, -0.2) is 74.0 Å². The van der Waals surface area contributed by atoms with Crippen molar-refractivity contribution in [1.82, 2.24) is 20.4 Å². The number of hydrogen-bond acceptors (Lipinski definition) is 4. The monoisotopic (exact) mass is 715 g/mol. The molecule has 1 fully saturated rings. The molecule has 0 atom stereocenters. The van der Waals surface area contributed by atoms with Crippen LogP contribution in [-0.2, 0) is 9.59 Å². The van der Waals surface area contributed by atoms with E-state index >= 15 is 0 Å². The Bertz CT molecular complexity index is 821. The number of hydrogen-bond donors (Lipinski definition) is 2. The lowest BCUT2D eigenvalue weighted by atomic mass is 10.1. The van der Waals surface area contributed by atoms with Crippen molar-refractivity contribution in [3.8, 4) is 0 Å². The molecule has 0 aromatic heterocycles. The van der Waals surface area contributed by atoms with E-state index in [4.69, 9.17) is 0 Å². The minimum Gasteiger partial charge on any atom is -0.356 e. The summed E-state index contributed by atoms with van der Waals surface area (Å²) in [6.45, 7) is 12.7. The van der Waals surface area contributed by atoms with Crippen LogP contribution in [0.5, 0.6) is 0 Å². The second kappa shape index (κ2) is 38.1. The molecular weight excluding hydrogens is 629 g/mol. The van der Waals surface area contributed by atoms with E-state index in [-0.39, 0.29) is 11.8 Å². The van der Waals surface area contributed by atoms with E-state index < -0.39 is 0 Å². The smallest absolute Gasteiger partial charge is 0.219 e. The van der Waals surface area contributed by atoms with Gasteiger partial charge in [-0.3, -0.25) is 9.59 Å². The molecule has 0 aromatic rings. The van der Waals surface area contributed by atoms with Crippen molar-refractivity contribution in [1.29, 1.82) is 0 Å². The summed E-state index contributed by atoms with van der Waals surface area (Å²) in [5.41, 5.74) is 0. The van der Waals surface area contributed by atoms with Gasteiger partial charge in [-0.25, -0.2) is 0 Å². The Kier molecular flexibility index (Phi) is 35.4. The first-order valence-corrected chi connectivity index (χ1v) is 22.4. The lowest BCUT2D eigenvalue weighted by Gasteiger charge is -2.34. The number of nitrogens with one attached hydrogen (secondary N) is 2. The fraction of sp³-hybridized carbons (Fsp3) is 0.867. The summed E-state index contributed by atoms with van der Waals surface area (Å²) in [5, 5.41) is 6.27. The predicted molar refractivity (Wildman–Crippen MR) is 222 cm³/mol. The number of nitrogens with zero attached hydrogens (tertiary/aromatic N) is 2. The first-order chi connectivity index (χ1) is 25.2. The van der Waals surface area contributed by atoms with Gasteiger partial charge in [-0.1, -0.05) is 134 Å². The van der Waals surface area contributed by atoms with Crippen LogP contribution < -0.4 is 10.6 Å². The molecule has 0 spiro atoms. The molecular formula is C45H86N4O2. The third-order valence-corrected chi connectivity index (χ3v) is 10.5. The fourth-order valence-electron chi connectivity index (χ4n) is 7.01. The van der Waals surface area contributed by atoms with E-state index in [2.05, 4.69) is 58.6 Å². The summed E-state index contributed by atoms with van der Waals surface area (Å²) in [7, 11) is 0. The molecule has 0 aliphatic carbocycles. The summed E-state index contributed by atoms with van der Waals surface area (Å²) in [5.74, 6) is 0.445. The Hall–Kier alpha value is -1.66. The van der Waals surface area contributed by atoms with Gasteiger partial charge in [0.05, 0.1) is 0 Å². The maximum absolute atomic E-state index is 12.2. The summed E-state index contributed by atoms with van der Waals surface area (Å²) >= 11 is 0. The SMILES string of the molecule is CCCCCCCC/C=C/CCCCCCCC(=O)NCCCN1CCN(CCCNC(=O)CCCCCC/C=C/CCCCCCCC)CC1. The average Bonchev–Trinajstić information content (AvgIpc) is 3.14. The van der Waals surface area contributed by atoms with E-state index in [0.717, 1.165) is 84.5 Å². The lowest BCUT2D eigenvalue weighted by Crippen LogP contribution is -2.47. The van der Waals surface area contributed by atoms with E-state index in [1.54, 1.807) is 0 Å². The molecule has 2 N–H and O–H groups in total. The molecule has 51 heavy (non-hydrogen) atoms. The molecule has 6 nitrogen and oxygen atoms in total. The third kappa shape index (κ3) is 33.9. The molecule has 0 radical (unpaired) electrons. The van der Waals surface area contributed by atoms with Gasteiger partial charge in [0.15, 0.2) is 0 Å². The highest BCUT2D eigenvalue weighted by Crippen LogP contribution is 2.11. The molecule has 1 heterocycles. The van der Waals surface area contributed by atoms with Crippen molar-refractivity contribution in [3.05, 3.63) is 24.3 Å². The van der Waals surface area contributed by atoms with Gasteiger partial charge in [0.2, 0.25) is 11.8 Å². The second-order valence-corrected chi connectivity index (χ2v) is 15.4. The Morgan fingerprint density at radius 2 is 0.706 bits per heavy atom. The van der Waals surface area contributed by atoms with Crippen molar-refractivity contribution in [3.63, 3.8) is 0 Å². The van der Waals surface area contributed by atoms with Crippen LogP contribution in [0, 0.1) is 0 Å². The predicted octanol–water partition coefficient (Wildman–Crippen LogP) is 11.3. The van der Waals surface area contributed by atoms with Gasteiger partial charge in [-0.15, -0.1) is 0 Å². The van der Waals surface area contributed by atoms with Gasteiger partial charge in [0, 0.05) is 52.1 Å². The molecule has 0 unspecified atom stereocenters. The molecule has 6 heteroatoms. The van der Waals surface area contributed by atoms with Crippen LogP contribution in [0.4, 0.5) is 0 Å². The Balaban J connectivity index is 1.83. The number of rotatable bonds is 37. The van der Waals surface area contributed by atoms with Crippen molar-refractivity contribution >= 4 is 11.8 Å². The minimum absolute atomic E-state index is 0.221. The number of carbonyl (C=O) groups is 2. The molecule has 1 rings (SSSR count). The zero-order chi connectivity index (χ0) is 36.7. The first kappa shape index (κ1) is 47.4. The van der Waals surface area contributed by atoms with Crippen LogP contribution in [0.1, 0.15) is 200 Å². The van der Waals surface area contributed by atoms with Gasteiger partial charge >= 0.3 is 0 Å². The second-order valence-electron chi connectivity index (χ2n) is 15.4. The molecule has 0 aromatic carbocycles. The lowest BCUT2D eigenvalue weighted by molar-refractivity contribution is -0.122. The zero-order valence-corrected chi connectivity index (χ0v) is 34.2. The minimum atomic E-state index is 0.221. The van der Waals surface area contributed by atoms with Crippen LogP contribution in [0.25, 0.3) is 0 Å². The number of amides is 2. The molecule has 2 amide bonds. The maximum Gasteiger partial charge on any atom is 0.219 e. The van der Waals surface area contributed by atoms with Crippen molar-refractivity contribution in [2.45, 2.75) is 200 Å². The molecule has 0 bridgehead atoms. The van der Waals surface area contributed by atoms with Gasteiger partial charge < -0.3 is 20.4 Å². The maximum atomic E-state index is 12.2. The molecule has 0 saturated carbocycles. The Labute approximate surface area is 317 Å². The van der Waals surface area contributed by atoms with E-state index in [1.807, 2.05) is 0 Å². The molecule has 1 aliphatic rings. The van der Waals surface area contributed by atoms with Crippen LogP contribution in [0.2, 0.25) is 0 Å². The van der Waals surface area contributed by atoms with E-state index in [0.29, 0.717) is 12.8 Å². The van der Waals surface area contributed by atoms with Crippen molar-refractivity contribution in [2.24, 2.45) is 0 Å². The largest absolute Gasteiger partial charge is 0.356 e. The quantitative estimate of drug-likeness (QED) is 0.0497. The zero-order valence-electron chi connectivity index (χ0n) is 34.2. The highest BCUT2D eigenvalue weighted by Gasteiger charge is 2.16. The van der Waals surface area contributed by atoms with Crippen molar-refractivity contribution in [2.75, 3.05) is 52.4 Å². The molecule has 1 saturated heterocycles. The fourth-order valence-corrected chi connectivity index (χ4v) is 7.01. The van der Waals surface area contributed by atoms with Crippen molar-refractivity contribution < 1.29 is 9.59 Å². The summed E-state index contributed by atoms with van der Waals surface area (Å²) in [6, 6.07) is 0. The van der Waals surface area contributed by atoms with Gasteiger partial charge in [-0.05, 0) is 90.1 Å². The van der Waals surface area contributed by atoms with Gasteiger partial charge in [-0.2, -0.15) is 0 Å². The Morgan fingerprint density at radius 3 is 1.04 bits per heavy atom. The van der Waals surface area contributed by atoms with Crippen LogP contribution in [0.3, 0.4) is 0 Å². The topological polar surface area (TPSA) is 64.7 Å². The average molecular weight is 715 g/mol. The van der Waals surface area contributed by atoms with Crippen LogP contribution in [0.15, 0.2) is 24.3 Å².